The number of likely N-dealkylation sites (N-methyl/N-ethyl adjacent to an activating group) is 1. The highest BCUT2D eigenvalue weighted by Crippen LogP contribution is 2.14. The van der Waals surface area contributed by atoms with Crippen LogP contribution in [-0.2, 0) is 14.3 Å². The Kier molecular flexibility index (Phi) is 42.7. The minimum absolute atomic E-state index is 0.0815. The smallest absolute Gasteiger partial charge is 0.327 e. The number of carbonyl (C=O) groups excluding carboxylic acids is 2. The zero-order valence-electron chi connectivity index (χ0n) is 30.1. The molecule has 0 aromatic rings. The monoisotopic (exact) mass is 623 g/mol. The van der Waals surface area contributed by atoms with E-state index in [9.17, 15) is 9.59 Å². The number of unbranched alkanes of at least 4 members (excludes halogenated alkanes) is 26. The second-order valence-corrected chi connectivity index (χ2v) is 12.8. The Balaban J connectivity index is 0. The second-order valence-electron chi connectivity index (χ2n) is 12.8. The molecule has 0 bridgehead atoms. The zero-order valence-corrected chi connectivity index (χ0v) is 30.1. The van der Waals surface area contributed by atoms with E-state index in [0.29, 0.717) is 6.42 Å². The van der Waals surface area contributed by atoms with E-state index in [0.717, 1.165) is 32.2 Å². The van der Waals surface area contributed by atoms with Crippen LogP contribution < -0.4 is 11.1 Å². The number of carbonyl (C=O) groups is 2. The van der Waals surface area contributed by atoms with E-state index < -0.39 is 11.9 Å². The topological polar surface area (TPSA) is 81.4 Å². The third kappa shape index (κ3) is 42.9. The van der Waals surface area contributed by atoms with E-state index in [1.807, 2.05) is 0 Å². The Morgan fingerprint density at radius 2 is 0.841 bits per heavy atom. The second kappa shape index (κ2) is 41.8. The lowest BCUT2D eigenvalue weighted by molar-refractivity contribution is -0.158. The van der Waals surface area contributed by atoms with Gasteiger partial charge < -0.3 is 15.8 Å². The van der Waals surface area contributed by atoms with Gasteiger partial charge in [-0.05, 0) is 52.1 Å². The van der Waals surface area contributed by atoms with Crippen molar-refractivity contribution in [2.45, 2.75) is 206 Å². The SMILES string of the molecule is CCCCCCCC/C=C\CCCCCCCC(=O)OC(=O)CNC.CCCCCCCCCCCCCCCCCCN. The summed E-state index contributed by atoms with van der Waals surface area (Å²) >= 11 is 0. The lowest BCUT2D eigenvalue weighted by Crippen LogP contribution is -2.23. The van der Waals surface area contributed by atoms with Crippen molar-refractivity contribution in [3.63, 3.8) is 0 Å². The summed E-state index contributed by atoms with van der Waals surface area (Å²) in [5, 5.41) is 2.66. The molecule has 0 unspecified atom stereocenters. The molecule has 0 radical (unpaired) electrons. The number of esters is 2. The molecule has 5 heteroatoms. The summed E-state index contributed by atoms with van der Waals surface area (Å²) in [6.07, 6.45) is 43.8. The summed E-state index contributed by atoms with van der Waals surface area (Å²) in [4.78, 5) is 22.5. The molecule has 3 N–H and O–H groups in total. The van der Waals surface area contributed by atoms with Crippen LogP contribution in [0, 0.1) is 0 Å². The molecule has 0 fully saturated rings. The first kappa shape index (κ1) is 44.9. The van der Waals surface area contributed by atoms with E-state index in [1.54, 1.807) is 7.05 Å². The molecular formula is C39H78N2O3. The number of hydrogen-bond acceptors (Lipinski definition) is 5. The van der Waals surface area contributed by atoms with Crippen LogP contribution in [0.15, 0.2) is 12.2 Å². The van der Waals surface area contributed by atoms with Crippen LogP contribution in [0.1, 0.15) is 206 Å². The van der Waals surface area contributed by atoms with Gasteiger partial charge in [-0.15, -0.1) is 0 Å². The first-order valence-corrected chi connectivity index (χ1v) is 19.3. The van der Waals surface area contributed by atoms with Crippen LogP contribution >= 0.6 is 0 Å². The number of allylic oxidation sites excluding steroid dienone is 2. The molecular weight excluding hydrogens is 544 g/mol. The van der Waals surface area contributed by atoms with Crippen molar-refractivity contribution in [2.75, 3.05) is 20.1 Å². The highest BCUT2D eigenvalue weighted by Gasteiger charge is 2.08. The van der Waals surface area contributed by atoms with Crippen molar-refractivity contribution >= 4 is 11.9 Å². The third-order valence-corrected chi connectivity index (χ3v) is 8.25. The largest absolute Gasteiger partial charge is 0.392 e. The number of hydrogen-bond donors (Lipinski definition) is 2. The summed E-state index contributed by atoms with van der Waals surface area (Å²) in [6, 6.07) is 0. The fraction of sp³-hybridized carbons (Fsp3) is 0.897. The maximum atomic E-state index is 11.4. The van der Waals surface area contributed by atoms with Gasteiger partial charge in [0.15, 0.2) is 0 Å². The predicted molar refractivity (Wildman–Crippen MR) is 193 cm³/mol. The number of rotatable bonds is 33. The van der Waals surface area contributed by atoms with Crippen molar-refractivity contribution in [3.8, 4) is 0 Å². The first-order chi connectivity index (χ1) is 21.6. The minimum Gasteiger partial charge on any atom is -0.392 e. The molecule has 0 aliphatic carbocycles. The molecule has 0 spiro atoms. The van der Waals surface area contributed by atoms with Crippen LogP contribution in [0.25, 0.3) is 0 Å². The lowest BCUT2D eigenvalue weighted by atomic mass is 10.0. The van der Waals surface area contributed by atoms with Gasteiger partial charge in [0.1, 0.15) is 0 Å². The van der Waals surface area contributed by atoms with Gasteiger partial charge in [0.05, 0.1) is 6.54 Å². The number of nitrogens with two attached hydrogens (primary N) is 1. The predicted octanol–water partition coefficient (Wildman–Crippen LogP) is 11.5. The van der Waals surface area contributed by atoms with Gasteiger partial charge in [-0.2, -0.15) is 0 Å². The molecule has 262 valence electrons. The summed E-state index contributed by atoms with van der Waals surface area (Å²) in [7, 11) is 1.65. The van der Waals surface area contributed by atoms with Crippen molar-refractivity contribution in [3.05, 3.63) is 12.2 Å². The molecule has 0 heterocycles. The van der Waals surface area contributed by atoms with Crippen LogP contribution in [-0.4, -0.2) is 32.1 Å². The average molecular weight is 623 g/mol. The fourth-order valence-electron chi connectivity index (χ4n) is 5.39. The molecule has 0 aliphatic heterocycles. The molecule has 0 saturated carbocycles. The van der Waals surface area contributed by atoms with Crippen molar-refractivity contribution < 1.29 is 14.3 Å². The van der Waals surface area contributed by atoms with Crippen LogP contribution in [0.2, 0.25) is 0 Å². The maximum Gasteiger partial charge on any atom is 0.327 e. The lowest BCUT2D eigenvalue weighted by Gasteiger charge is -2.03. The van der Waals surface area contributed by atoms with E-state index in [-0.39, 0.29) is 6.54 Å². The third-order valence-electron chi connectivity index (χ3n) is 8.25. The van der Waals surface area contributed by atoms with Gasteiger partial charge in [0.2, 0.25) is 0 Å². The molecule has 0 rings (SSSR count). The average Bonchev–Trinajstić information content (AvgIpc) is 3.01. The number of ether oxygens (including phenoxy) is 1. The zero-order chi connectivity index (χ0) is 32.6. The Morgan fingerprint density at radius 3 is 1.20 bits per heavy atom. The summed E-state index contributed by atoms with van der Waals surface area (Å²) in [6.45, 7) is 5.50. The highest BCUT2D eigenvalue weighted by molar-refractivity contribution is 5.86. The Labute approximate surface area is 275 Å². The molecule has 0 saturated heterocycles. The fourth-order valence-corrected chi connectivity index (χ4v) is 5.39. The van der Waals surface area contributed by atoms with E-state index in [4.69, 9.17) is 5.73 Å². The van der Waals surface area contributed by atoms with Crippen molar-refractivity contribution in [2.24, 2.45) is 5.73 Å². The Morgan fingerprint density at radius 1 is 0.500 bits per heavy atom. The molecule has 44 heavy (non-hydrogen) atoms. The van der Waals surface area contributed by atoms with Crippen LogP contribution in [0.5, 0.6) is 0 Å². The van der Waals surface area contributed by atoms with Gasteiger partial charge >= 0.3 is 11.9 Å². The van der Waals surface area contributed by atoms with Crippen LogP contribution in [0.3, 0.4) is 0 Å². The van der Waals surface area contributed by atoms with E-state index >= 15 is 0 Å². The quantitative estimate of drug-likeness (QED) is 0.0329. The van der Waals surface area contributed by atoms with Gasteiger partial charge in [0, 0.05) is 6.42 Å². The van der Waals surface area contributed by atoms with Gasteiger partial charge in [-0.3, -0.25) is 9.59 Å². The Hall–Kier alpha value is -1.20. The summed E-state index contributed by atoms with van der Waals surface area (Å²) < 4.78 is 4.66. The van der Waals surface area contributed by atoms with Gasteiger partial charge in [-0.1, -0.05) is 174 Å². The molecule has 5 nitrogen and oxygen atoms in total. The standard InChI is InChI=1S/C21H39NO3.C18H39N/c1-3-4-5-6-7-8-9-10-11-12-13-14-15-16-17-18-20(23)25-21(24)19-22-2;1-2-3-4-5-6-7-8-9-10-11-12-13-14-15-16-17-18-19/h10-11,22H,3-9,12-19H2,1-2H3;2-19H2,1H3/b11-10-;. The molecule has 0 aromatic heterocycles. The summed E-state index contributed by atoms with van der Waals surface area (Å²) in [5.41, 5.74) is 5.48. The van der Waals surface area contributed by atoms with Gasteiger partial charge in [-0.25, -0.2) is 0 Å². The van der Waals surface area contributed by atoms with Crippen molar-refractivity contribution in [1.82, 2.24) is 5.32 Å². The normalized spacial score (nSPS) is 11.1. The van der Waals surface area contributed by atoms with Gasteiger partial charge in [0.25, 0.3) is 0 Å². The maximum absolute atomic E-state index is 11.4. The minimum atomic E-state index is -0.500. The molecule has 0 aliphatic rings. The Bertz CT molecular complexity index is 578. The van der Waals surface area contributed by atoms with E-state index in [1.165, 1.54) is 161 Å². The summed E-state index contributed by atoms with van der Waals surface area (Å²) in [5.74, 6) is -0.905. The molecule has 0 atom stereocenters. The number of nitrogens with one attached hydrogen (secondary N) is 1. The first-order valence-electron chi connectivity index (χ1n) is 19.3. The van der Waals surface area contributed by atoms with Crippen LogP contribution in [0.4, 0.5) is 0 Å². The van der Waals surface area contributed by atoms with Crippen molar-refractivity contribution in [1.29, 1.82) is 0 Å². The molecule has 0 amide bonds. The molecule has 0 aromatic carbocycles. The van der Waals surface area contributed by atoms with E-state index in [2.05, 4.69) is 36.1 Å². The highest BCUT2D eigenvalue weighted by atomic mass is 16.6.